The van der Waals surface area contributed by atoms with E-state index >= 15 is 0 Å². The molecule has 0 amide bonds. The Bertz CT molecular complexity index is 975. The topological polar surface area (TPSA) is 0 Å². The van der Waals surface area contributed by atoms with Crippen LogP contribution in [-0.4, -0.2) is 0 Å². The lowest BCUT2D eigenvalue weighted by atomic mass is 9.45. The molecular weight excluding hydrogens is 395 g/mol. The van der Waals surface area contributed by atoms with Crippen LogP contribution < -0.4 is 0 Å². The van der Waals surface area contributed by atoms with Crippen molar-refractivity contribution in [3.05, 3.63) is 103 Å². The lowest BCUT2D eigenvalue weighted by molar-refractivity contribution is 0.255. The summed E-state index contributed by atoms with van der Waals surface area (Å²) in [6.45, 7) is 6.87. The second kappa shape index (κ2) is 5.54. The Kier molecular flexibility index (Phi) is 3.61. The summed E-state index contributed by atoms with van der Waals surface area (Å²) in [5, 5.41) is 2.34. The number of benzene rings is 3. The fraction of sp³-hybridized carbons (Fsp3) is 0.250. The fourth-order valence-corrected chi connectivity index (χ4v) is 6.40. The lowest BCUT2D eigenvalue weighted by Gasteiger charge is -2.57. The van der Waals surface area contributed by atoms with E-state index in [0.29, 0.717) is 0 Å². The zero-order chi connectivity index (χ0) is 19.1. The van der Waals surface area contributed by atoms with Gasteiger partial charge in [-0.1, -0.05) is 92.0 Å². The van der Waals surface area contributed by atoms with Crippen LogP contribution >= 0.6 is 34.8 Å². The molecule has 3 aromatic rings. The van der Waals surface area contributed by atoms with Crippen LogP contribution in [0.2, 0.25) is 15.1 Å². The normalized spacial score (nSPS) is 22.2. The first-order valence-electron chi connectivity index (χ1n) is 9.17. The first kappa shape index (κ1) is 17.6. The Morgan fingerprint density at radius 2 is 0.963 bits per heavy atom. The van der Waals surface area contributed by atoms with Crippen molar-refractivity contribution in [3.63, 3.8) is 0 Å². The van der Waals surface area contributed by atoms with Crippen LogP contribution in [0.3, 0.4) is 0 Å². The fourth-order valence-electron chi connectivity index (χ4n) is 5.55. The molecule has 3 aliphatic rings. The van der Waals surface area contributed by atoms with Crippen molar-refractivity contribution in [1.29, 1.82) is 0 Å². The van der Waals surface area contributed by atoms with Gasteiger partial charge in [0.15, 0.2) is 0 Å². The van der Waals surface area contributed by atoms with Gasteiger partial charge in [0.05, 0.1) is 5.41 Å². The Morgan fingerprint density at radius 1 is 0.630 bits per heavy atom. The molecule has 0 radical (unpaired) electrons. The van der Waals surface area contributed by atoms with Gasteiger partial charge in [-0.25, -0.2) is 0 Å². The molecule has 0 nitrogen and oxygen atoms in total. The Balaban J connectivity index is 2.10. The van der Waals surface area contributed by atoms with Crippen LogP contribution in [0.25, 0.3) is 0 Å². The minimum atomic E-state index is -0.359. The molecule has 0 spiro atoms. The number of hydrogen-bond donors (Lipinski definition) is 0. The van der Waals surface area contributed by atoms with Gasteiger partial charge < -0.3 is 0 Å². The molecule has 0 atom stereocenters. The number of rotatable bonds is 0. The Labute approximate surface area is 175 Å². The molecule has 3 aliphatic carbocycles. The molecular formula is C24H19Cl3. The molecule has 6 rings (SSSR count). The first-order valence-corrected chi connectivity index (χ1v) is 10.3. The molecule has 0 aromatic heterocycles. The summed E-state index contributed by atoms with van der Waals surface area (Å²) in [5.74, 6) is -0.0367. The van der Waals surface area contributed by atoms with Crippen molar-refractivity contribution >= 4 is 34.8 Å². The lowest BCUT2D eigenvalue weighted by Crippen LogP contribution is -2.50. The summed E-state index contributed by atoms with van der Waals surface area (Å²) >= 11 is 20.4. The van der Waals surface area contributed by atoms with E-state index < -0.39 is 0 Å². The zero-order valence-electron chi connectivity index (χ0n) is 15.4. The molecule has 0 unspecified atom stereocenters. The Morgan fingerprint density at radius 3 is 1.26 bits per heavy atom. The van der Waals surface area contributed by atoms with Crippen LogP contribution in [0.5, 0.6) is 0 Å². The minimum Gasteiger partial charge on any atom is -0.0840 e. The maximum atomic E-state index is 6.80. The summed E-state index contributed by atoms with van der Waals surface area (Å²) in [5.41, 5.74) is 6.80. The molecule has 2 bridgehead atoms. The van der Waals surface area contributed by atoms with Crippen LogP contribution in [-0.2, 0) is 5.41 Å². The molecule has 0 saturated carbocycles. The summed E-state index contributed by atoms with van der Waals surface area (Å²) in [7, 11) is 0. The van der Waals surface area contributed by atoms with Gasteiger partial charge >= 0.3 is 0 Å². The molecule has 0 saturated heterocycles. The van der Waals surface area contributed by atoms with Crippen molar-refractivity contribution in [2.24, 2.45) is 5.41 Å². The van der Waals surface area contributed by atoms with Gasteiger partial charge in [0.25, 0.3) is 0 Å². The SMILES string of the molecule is CC(C)(C)C12c3cccc(Cl)c3C(c3c(Cl)cccc31)c1c(Cl)cccc12. The number of hydrogen-bond acceptors (Lipinski definition) is 0. The standard InChI is InChI=1S/C24H19Cl3/c1-23(2,3)24-13-7-4-10-16(25)19(13)22(20-14(24)8-5-11-17(20)26)21-15(24)9-6-12-18(21)27/h4-12,22H,1-3H3. The van der Waals surface area contributed by atoms with Crippen molar-refractivity contribution in [2.45, 2.75) is 32.1 Å². The summed E-state index contributed by atoms with van der Waals surface area (Å²) in [6.07, 6.45) is 0. The third-order valence-corrected chi connectivity index (χ3v) is 7.35. The van der Waals surface area contributed by atoms with E-state index in [0.717, 1.165) is 31.8 Å². The van der Waals surface area contributed by atoms with E-state index in [4.69, 9.17) is 34.8 Å². The monoisotopic (exact) mass is 412 g/mol. The highest BCUT2D eigenvalue weighted by Crippen LogP contribution is 2.67. The predicted molar refractivity (Wildman–Crippen MR) is 115 cm³/mol. The van der Waals surface area contributed by atoms with Gasteiger partial charge in [0, 0.05) is 21.0 Å². The van der Waals surface area contributed by atoms with Crippen molar-refractivity contribution in [3.8, 4) is 0 Å². The molecule has 0 aliphatic heterocycles. The van der Waals surface area contributed by atoms with E-state index in [1.54, 1.807) is 0 Å². The molecule has 0 fully saturated rings. The molecule has 0 N–H and O–H groups in total. The maximum absolute atomic E-state index is 6.80. The van der Waals surface area contributed by atoms with Gasteiger partial charge in [0.2, 0.25) is 0 Å². The zero-order valence-corrected chi connectivity index (χ0v) is 17.7. The van der Waals surface area contributed by atoms with Gasteiger partial charge in [0.1, 0.15) is 0 Å². The van der Waals surface area contributed by atoms with Gasteiger partial charge in [-0.3, -0.25) is 0 Å². The summed E-state index contributed by atoms with van der Waals surface area (Å²) in [4.78, 5) is 0. The third kappa shape index (κ3) is 1.97. The van der Waals surface area contributed by atoms with Crippen LogP contribution in [0.4, 0.5) is 0 Å². The van der Waals surface area contributed by atoms with Gasteiger partial charge in [-0.2, -0.15) is 0 Å². The Hall–Kier alpha value is -1.47. The molecule has 3 aromatic carbocycles. The summed E-state index contributed by atoms with van der Waals surface area (Å²) in [6, 6.07) is 18.8. The van der Waals surface area contributed by atoms with Gasteiger partial charge in [-0.05, 0) is 57.0 Å². The molecule has 27 heavy (non-hydrogen) atoms. The smallest absolute Gasteiger partial charge is 0.0510 e. The van der Waals surface area contributed by atoms with E-state index in [1.165, 1.54) is 16.7 Å². The van der Waals surface area contributed by atoms with E-state index in [1.807, 2.05) is 18.2 Å². The highest BCUT2D eigenvalue weighted by molar-refractivity contribution is 6.34. The van der Waals surface area contributed by atoms with Crippen molar-refractivity contribution in [2.75, 3.05) is 0 Å². The highest BCUT2D eigenvalue weighted by Gasteiger charge is 2.58. The van der Waals surface area contributed by atoms with Gasteiger partial charge in [-0.15, -0.1) is 0 Å². The third-order valence-electron chi connectivity index (χ3n) is 6.36. The largest absolute Gasteiger partial charge is 0.0840 e. The average molecular weight is 414 g/mol. The average Bonchev–Trinajstić information content (AvgIpc) is 2.61. The quantitative estimate of drug-likeness (QED) is 0.352. The maximum Gasteiger partial charge on any atom is 0.0510 e. The molecule has 3 heteroatoms. The highest BCUT2D eigenvalue weighted by atomic mass is 35.5. The second-order valence-electron chi connectivity index (χ2n) is 8.54. The number of halogens is 3. The van der Waals surface area contributed by atoms with E-state index in [2.05, 4.69) is 57.2 Å². The molecule has 136 valence electrons. The van der Waals surface area contributed by atoms with E-state index in [-0.39, 0.29) is 16.7 Å². The van der Waals surface area contributed by atoms with Crippen molar-refractivity contribution < 1.29 is 0 Å². The summed E-state index contributed by atoms with van der Waals surface area (Å²) < 4.78 is 0. The second-order valence-corrected chi connectivity index (χ2v) is 9.76. The van der Waals surface area contributed by atoms with Crippen molar-refractivity contribution in [1.82, 2.24) is 0 Å². The van der Waals surface area contributed by atoms with E-state index in [9.17, 15) is 0 Å². The van der Waals surface area contributed by atoms with Crippen LogP contribution in [0, 0.1) is 5.41 Å². The molecule has 0 heterocycles. The minimum absolute atomic E-state index is 0.0367. The van der Waals surface area contributed by atoms with Crippen LogP contribution in [0.15, 0.2) is 54.6 Å². The first-order chi connectivity index (χ1) is 12.8. The van der Waals surface area contributed by atoms with Crippen LogP contribution in [0.1, 0.15) is 60.1 Å². The predicted octanol–water partition coefficient (Wildman–Crippen LogP) is 7.83.